The van der Waals surface area contributed by atoms with Gasteiger partial charge in [-0.25, -0.2) is 0 Å². The average molecular weight is 263 g/mol. The third kappa shape index (κ3) is 6.27. The molecule has 1 heterocycles. The number of aryl methyl sites for hydroxylation is 1. The van der Waals surface area contributed by atoms with Crippen molar-refractivity contribution in [1.29, 1.82) is 0 Å². The Kier molecular flexibility index (Phi) is 7.01. The maximum atomic E-state index is 11.7. The van der Waals surface area contributed by atoms with Gasteiger partial charge in [0.15, 0.2) is 0 Å². The molecule has 3 heteroatoms. The van der Waals surface area contributed by atoms with E-state index in [9.17, 15) is 4.79 Å². The van der Waals surface area contributed by atoms with Crippen LogP contribution < -0.4 is 5.32 Å². The largest absolute Gasteiger partial charge is 0.462 e. The van der Waals surface area contributed by atoms with Crippen molar-refractivity contribution in [2.24, 2.45) is 5.92 Å². The molecule has 0 saturated carbocycles. The molecule has 0 aliphatic rings. The lowest BCUT2D eigenvalue weighted by Gasteiger charge is -2.14. The maximum Gasteiger partial charge on any atom is 0.244 e. The number of unbranched alkanes of at least 4 members (excludes halogenated alkanes) is 1. The Labute approximate surface area is 116 Å². The Morgan fingerprint density at radius 1 is 1.42 bits per heavy atom. The van der Waals surface area contributed by atoms with E-state index in [-0.39, 0.29) is 5.91 Å². The quantitative estimate of drug-likeness (QED) is 0.722. The molecule has 19 heavy (non-hydrogen) atoms. The van der Waals surface area contributed by atoms with Crippen molar-refractivity contribution in [2.45, 2.75) is 46.5 Å². The van der Waals surface area contributed by atoms with Gasteiger partial charge in [-0.15, -0.1) is 0 Å². The molecule has 0 spiro atoms. The van der Waals surface area contributed by atoms with Crippen LogP contribution in [-0.4, -0.2) is 12.5 Å². The van der Waals surface area contributed by atoms with Crippen LogP contribution >= 0.6 is 0 Å². The number of amides is 1. The second-order valence-electron chi connectivity index (χ2n) is 4.94. The Hall–Kier alpha value is -1.51. The molecule has 1 rings (SSSR count). The van der Waals surface area contributed by atoms with Crippen LogP contribution in [0.25, 0.3) is 6.08 Å². The number of hydrogen-bond acceptors (Lipinski definition) is 2. The molecule has 1 N–H and O–H groups in total. The monoisotopic (exact) mass is 263 g/mol. The van der Waals surface area contributed by atoms with Crippen molar-refractivity contribution in [1.82, 2.24) is 5.32 Å². The van der Waals surface area contributed by atoms with Crippen LogP contribution in [0, 0.1) is 12.8 Å². The smallest absolute Gasteiger partial charge is 0.244 e. The number of nitrogens with one attached hydrogen (secondary N) is 1. The fourth-order valence-electron chi connectivity index (χ4n) is 1.95. The zero-order chi connectivity index (χ0) is 14.1. The minimum atomic E-state index is -0.0519. The summed E-state index contributed by atoms with van der Waals surface area (Å²) in [6.07, 6.45) is 7.98. The summed E-state index contributed by atoms with van der Waals surface area (Å²) in [4.78, 5) is 11.7. The van der Waals surface area contributed by atoms with E-state index in [0.29, 0.717) is 11.7 Å². The molecule has 106 valence electrons. The molecular formula is C16H25NO2. The van der Waals surface area contributed by atoms with Crippen molar-refractivity contribution < 1.29 is 9.21 Å². The lowest BCUT2D eigenvalue weighted by atomic mass is 9.99. The second-order valence-corrected chi connectivity index (χ2v) is 4.94. The minimum Gasteiger partial charge on any atom is -0.462 e. The zero-order valence-corrected chi connectivity index (χ0v) is 12.2. The van der Waals surface area contributed by atoms with Gasteiger partial charge in [0.25, 0.3) is 0 Å². The van der Waals surface area contributed by atoms with Crippen LogP contribution in [0.3, 0.4) is 0 Å². The fourth-order valence-corrected chi connectivity index (χ4v) is 1.95. The zero-order valence-electron chi connectivity index (χ0n) is 12.2. The fraction of sp³-hybridized carbons (Fsp3) is 0.562. The van der Waals surface area contributed by atoms with Crippen molar-refractivity contribution in [3.8, 4) is 0 Å². The van der Waals surface area contributed by atoms with E-state index in [1.165, 1.54) is 25.3 Å². The molecule has 0 aromatic carbocycles. The number of furan rings is 1. The van der Waals surface area contributed by atoms with Crippen LogP contribution in [-0.2, 0) is 4.79 Å². The van der Waals surface area contributed by atoms with Crippen molar-refractivity contribution >= 4 is 12.0 Å². The summed E-state index contributed by atoms with van der Waals surface area (Å²) in [5, 5.41) is 2.95. The topological polar surface area (TPSA) is 42.2 Å². The Morgan fingerprint density at radius 3 is 2.79 bits per heavy atom. The Balaban J connectivity index is 2.32. The van der Waals surface area contributed by atoms with Crippen LogP contribution in [0.5, 0.6) is 0 Å². The van der Waals surface area contributed by atoms with Crippen molar-refractivity contribution in [2.75, 3.05) is 6.54 Å². The van der Waals surface area contributed by atoms with Gasteiger partial charge in [-0.2, -0.15) is 0 Å². The lowest BCUT2D eigenvalue weighted by Crippen LogP contribution is -2.27. The van der Waals surface area contributed by atoms with Gasteiger partial charge in [-0.1, -0.05) is 33.1 Å². The maximum absolute atomic E-state index is 11.7. The summed E-state index contributed by atoms with van der Waals surface area (Å²) in [5.41, 5.74) is 0. The molecule has 0 fully saturated rings. The third-order valence-corrected chi connectivity index (χ3v) is 3.27. The molecule has 0 bridgehead atoms. The van der Waals surface area contributed by atoms with E-state index >= 15 is 0 Å². The standard InChI is InChI=1S/C16H25NO2/c1-4-6-7-14(5-2)12-17-16(18)11-10-15-9-8-13(3)19-15/h8-11,14H,4-7,12H2,1-3H3,(H,17,18)/b11-10+. The highest BCUT2D eigenvalue weighted by molar-refractivity contribution is 5.91. The van der Waals surface area contributed by atoms with Gasteiger partial charge in [0.2, 0.25) is 5.91 Å². The predicted molar refractivity (Wildman–Crippen MR) is 78.8 cm³/mol. The number of carbonyl (C=O) groups is 1. The Bertz CT molecular complexity index is 407. The van der Waals surface area contributed by atoms with E-state index in [1.807, 2.05) is 19.1 Å². The SMILES string of the molecule is CCCCC(CC)CNC(=O)/C=C/c1ccc(C)o1. The second kappa shape index (κ2) is 8.57. The minimum absolute atomic E-state index is 0.0519. The molecule has 1 amide bonds. The predicted octanol–water partition coefficient (Wildman–Crippen LogP) is 3.93. The summed E-state index contributed by atoms with van der Waals surface area (Å²) < 4.78 is 5.37. The summed E-state index contributed by atoms with van der Waals surface area (Å²) in [6, 6.07) is 3.74. The molecule has 3 nitrogen and oxygen atoms in total. The molecule has 0 saturated heterocycles. The highest BCUT2D eigenvalue weighted by Gasteiger charge is 2.06. The molecular weight excluding hydrogens is 238 g/mol. The Morgan fingerprint density at radius 2 is 2.21 bits per heavy atom. The first-order chi connectivity index (χ1) is 9.15. The summed E-state index contributed by atoms with van der Waals surface area (Å²) in [5.74, 6) is 2.10. The van der Waals surface area contributed by atoms with Gasteiger partial charge in [-0.05, 0) is 37.5 Å². The molecule has 1 unspecified atom stereocenters. The normalized spacial score (nSPS) is 12.8. The first-order valence-electron chi connectivity index (χ1n) is 7.18. The van der Waals surface area contributed by atoms with Gasteiger partial charge < -0.3 is 9.73 Å². The van der Waals surface area contributed by atoms with Gasteiger partial charge in [-0.3, -0.25) is 4.79 Å². The third-order valence-electron chi connectivity index (χ3n) is 3.27. The van der Waals surface area contributed by atoms with Crippen molar-refractivity contribution in [3.63, 3.8) is 0 Å². The first kappa shape index (κ1) is 15.5. The summed E-state index contributed by atoms with van der Waals surface area (Å²) >= 11 is 0. The summed E-state index contributed by atoms with van der Waals surface area (Å²) in [6.45, 7) is 7.02. The molecule has 1 aromatic rings. The average Bonchev–Trinajstić information content (AvgIpc) is 2.82. The van der Waals surface area contributed by atoms with Crippen molar-refractivity contribution in [3.05, 3.63) is 29.7 Å². The molecule has 0 aliphatic heterocycles. The van der Waals surface area contributed by atoms with Crippen LogP contribution in [0.1, 0.15) is 51.1 Å². The van der Waals surface area contributed by atoms with Crippen LogP contribution in [0.15, 0.2) is 22.6 Å². The van der Waals surface area contributed by atoms with E-state index in [4.69, 9.17) is 4.42 Å². The van der Waals surface area contributed by atoms with Crippen LogP contribution in [0.2, 0.25) is 0 Å². The van der Waals surface area contributed by atoms with Crippen LogP contribution in [0.4, 0.5) is 0 Å². The van der Waals surface area contributed by atoms with E-state index in [0.717, 1.165) is 18.7 Å². The van der Waals surface area contributed by atoms with Gasteiger partial charge in [0, 0.05) is 12.6 Å². The van der Waals surface area contributed by atoms with Gasteiger partial charge >= 0.3 is 0 Å². The number of hydrogen-bond donors (Lipinski definition) is 1. The van der Waals surface area contributed by atoms with Gasteiger partial charge in [0.1, 0.15) is 11.5 Å². The molecule has 1 atom stereocenters. The van der Waals surface area contributed by atoms with E-state index in [2.05, 4.69) is 19.2 Å². The first-order valence-corrected chi connectivity index (χ1v) is 7.18. The molecule has 1 aromatic heterocycles. The molecule has 0 aliphatic carbocycles. The van der Waals surface area contributed by atoms with E-state index < -0.39 is 0 Å². The number of carbonyl (C=O) groups excluding carboxylic acids is 1. The molecule has 0 radical (unpaired) electrons. The lowest BCUT2D eigenvalue weighted by molar-refractivity contribution is -0.116. The van der Waals surface area contributed by atoms with E-state index in [1.54, 1.807) is 6.08 Å². The highest BCUT2D eigenvalue weighted by atomic mass is 16.3. The highest BCUT2D eigenvalue weighted by Crippen LogP contribution is 2.11. The summed E-state index contributed by atoms with van der Waals surface area (Å²) in [7, 11) is 0. The number of rotatable bonds is 8. The van der Waals surface area contributed by atoms with Gasteiger partial charge in [0.05, 0.1) is 0 Å².